The molecule has 0 N–H and O–H groups in total. The van der Waals surface area contributed by atoms with Gasteiger partial charge in [0.1, 0.15) is 17.3 Å². The molecule has 0 amide bonds. The van der Waals surface area contributed by atoms with E-state index in [9.17, 15) is 13.2 Å². The first-order chi connectivity index (χ1) is 12.3. The maximum Gasteiger partial charge on any atom is 0.337 e. The monoisotopic (exact) mass is 397 g/mol. The van der Waals surface area contributed by atoms with Crippen molar-refractivity contribution >= 4 is 27.6 Å². The number of carbonyl (C=O) groups excluding carboxylic acids is 1. The molecule has 0 atom stereocenters. The Morgan fingerprint density at radius 1 is 1.19 bits per heavy atom. The standard InChI is InChI=1S/C18H20ClNO5S/c1-13-5-4-6-15(11-13)25-10-9-20(2)26(22,23)17-12-14(18(21)24-3)7-8-16(17)19/h4-8,11-12H,9-10H2,1-3H3. The summed E-state index contributed by atoms with van der Waals surface area (Å²) in [4.78, 5) is 11.5. The number of aryl methyl sites for hydroxylation is 1. The minimum Gasteiger partial charge on any atom is -0.492 e. The van der Waals surface area contributed by atoms with E-state index in [1.165, 1.54) is 32.4 Å². The summed E-state index contributed by atoms with van der Waals surface area (Å²) in [6.45, 7) is 2.24. The largest absolute Gasteiger partial charge is 0.492 e. The third kappa shape index (κ3) is 4.75. The Balaban J connectivity index is 2.12. The number of carbonyl (C=O) groups is 1. The maximum absolute atomic E-state index is 12.7. The molecule has 2 aromatic carbocycles. The number of methoxy groups -OCH3 is 1. The second-order valence-corrected chi connectivity index (χ2v) is 8.05. The van der Waals surface area contributed by atoms with E-state index >= 15 is 0 Å². The fraction of sp³-hybridized carbons (Fsp3) is 0.278. The van der Waals surface area contributed by atoms with Crippen LogP contribution in [0.4, 0.5) is 0 Å². The van der Waals surface area contributed by atoms with Crippen molar-refractivity contribution in [1.82, 2.24) is 4.31 Å². The Morgan fingerprint density at radius 3 is 2.58 bits per heavy atom. The Morgan fingerprint density at radius 2 is 1.92 bits per heavy atom. The molecular weight excluding hydrogens is 378 g/mol. The van der Waals surface area contributed by atoms with Crippen molar-refractivity contribution in [3.8, 4) is 5.75 Å². The minimum atomic E-state index is -3.88. The van der Waals surface area contributed by atoms with Gasteiger partial charge in [-0.2, -0.15) is 4.31 Å². The van der Waals surface area contributed by atoms with Crippen molar-refractivity contribution in [3.63, 3.8) is 0 Å². The second-order valence-electron chi connectivity index (χ2n) is 5.63. The molecule has 8 heteroatoms. The van der Waals surface area contributed by atoms with Crippen LogP contribution in [0.25, 0.3) is 0 Å². The predicted octanol–water partition coefficient (Wildman–Crippen LogP) is 3.13. The first kappa shape index (κ1) is 20.2. The van der Waals surface area contributed by atoms with Gasteiger partial charge in [0.15, 0.2) is 0 Å². The number of hydrogen-bond acceptors (Lipinski definition) is 5. The molecule has 26 heavy (non-hydrogen) atoms. The highest BCUT2D eigenvalue weighted by atomic mass is 35.5. The van der Waals surface area contributed by atoms with E-state index in [0.29, 0.717) is 5.75 Å². The van der Waals surface area contributed by atoms with Crippen LogP contribution in [-0.2, 0) is 14.8 Å². The van der Waals surface area contributed by atoms with E-state index in [0.717, 1.165) is 9.87 Å². The summed E-state index contributed by atoms with van der Waals surface area (Å²) in [7, 11) is -1.23. The van der Waals surface area contributed by atoms with Gasteiger partial charge in [-0.25, -0.2) is 13.2 Å². The highest BCUT2D eigenvalue weighted by Crippen LogP contribution is 2.25. The van der Waals surface area contributed by atoms with E-state index in [-0.39, 0.29) is 28.6 Å². The molecule has 0 radical (unpaired) electrons. The molecule has 0 aliphatic heterocycles. The van der Waals surface area contributed by atoms with Gasteiger partial charge >= 0.3 is 5.97 Å². The summed E-state index contributed by atoms with van der Waals surface area (Å²) in [5.41, 5.74) is 1.16. The molecule has 0 saturated heterocycles. The first-order valence-electron chi connectivity index (χ1n) is 7.79. The SMILES string of the molecule is COC(=O)c1ccc(Cl)c(S(=O)(=O)N(C)CCOc2cccc(C)c2)c1. The summed E-state index contributed by atoms with van der Waals surface area (Å²) in [6, 6.07) is 11.5. The number of ether oxygens (including phenoxy) is 2. The average Bonchev–Trinajstić information content (AvgIpc) is 2.61. The Hall–Kier alpha value is -2.09. The molecule has 0 fully saturated rings. The molecule has 0 heterocycles. The van der Waals surface area contributed by atoms with E-state index in [1.807, 2.05) is 25.1 Å². The second kappa shape index (κ2) is 8.53. The number of rotatable bonds is 7. The van der Waals surface area contributed by atoms with Gasteiger partial charge in [0, 0.05) is 13.6 Å². The maximum atomic E-state index is 12.7. The molecule has 2 aromatic rings. The molecule has 6 nitrogen and oxygen atoms in total. The van der Waals surface area contributed by atoms with E-state index in [1.54, 1.807) is 6.07 Å². The van der Waals surface area contributed by atoms with Crippen LogP contribution in [-0.4, -0.2) is 46.0 Å². The number of likely N-dealkylation sites (N-methyl/N-ethyl adjacent to an activating group) is 1. The zero-order valence-electron chi connectivity index (χ0n) is 14.7. The molecule has 140 valence electrons. The molecule has 0 unspecified atom stereocenters. The van der Waals surface area contributed by atoms with Crippen LogP contribution in [0.5, 0.6) is 5.75 Å². The van der Waals surface area contributed by atoms with Crippen molar-refractivity contribution in [2.75, 3.05) is 27.3 Å². The van der Waals surface area contributed by atoms with Gasteiger partial charge in [0.25, 0.3) is 0 Å². The van der Waals surface area contributed by atoms with Crippen LogP contribution < -0.4 is 4.74 Å². The molecule has 0 aliphatic rings. The third-order valence-electron chi connectivity index (χ3n) is 3.70. The minimum absolute atomic E-state index is 0.0316. The van der Waals surface area contributed by atoms with Crippen molar-refractivity contribution < 1.29 is 22.7 Å². The van der Waals surface area contributed by atoms with E-state index < -0.39 is 16.0 Å². The topological polar surface area (TPSA) is 72.9 Å². The summed E-state index contributed by atoms with van der Waals surface area (Å²) < 4.78 is 36.8. The molecule has 0 bridgehead atoms. The van der Waals surface area contributed by atoms with Crippen molar-refractivity contribution in [2.45, 2.75) is 11.8 Å². The summed E-state index contributed by atoms with van der Waals surface area (Å²) >= 11 is 6.03. The number of nitrogens with zero attached hydrogens (tertiary/aromatic N) is 1. The highest BCUT2D eigenvalue weighted by molar-refractivity contribution is 7.89. The van der Waals surface area contributed by atoms with Gasteiger partial charge in [-0.15, -0.1) is 0 Å². The Labute approximate surface area is 158 Å². The normalized spacial score (nSPS) is 11.4. The van der Waals surface area contributed by atoms with Gasteiger partial charge < -0.3 is 9.47 Å². The first-order valence-corrected chi connectivity index (χ1v) is 9.61. The molecular formula is C18H20ClNO5S. The lowest BCUT2D eigenvalue weighted by molar-refractivity contribution is 0.0600. The Bertz CT molecular complexity index is 898. The zero-order chi connectivity index (χ0) is 19.3. The fourth-order valence-corrected chi connectivity index (χ4v) is 3.88. The number of hydrogen-bond donors (Lipinski definition) is 0. The Kier molecular flexibility index (Phi) is 6.63. The van der Waals surface area contributed by atoms with Crippen LogP contribution in [0.3, 0.4) is 0 Å². The van der Waals surface area contributed by atoms with Gasteiger partial charge in [0.05, 0.1) is 17.7 Å². The molecule has 2 rings (SSSR count). The molecule has 0 aromatic heterocycles. The lowest BCUT2D eigenvalue weighted by atomic mass is 10.2. The van der Waals surface area contributed by atoms with Gasteiger partial charge in [0.2, 0.25) is 10.0 Å². The number of esters is 1. The van der Waals surface area contributed by atoms with Crippen molar-refractivity contribution in [2.24, 2.45) is 0 Å². The molecule has 0 spiro atoms. The fourth-order valence-electron chi connectivity index (χ4n) is 2.23. The number of sulfonamides is 1. The lowest BCUT2D eigenvalue weighted by Crippen LogP contribution is -2.31. The van der Waals surface area contributed by atoms with E-state index in [2.05, 4.69) is 4.74 Å². The van der Waals surface area contributed by atoms with Crippen molar-refractivity contribution in [1.29, 1.82) is 0 Å². The molecule has 0 saturated carbocycles. The van der Waals surface area contributed by atoms with Crippen LogP contribution >= 0.6 is 11.6 Å². The van der Waals surface area contributed by atoms with Crippen LogP contribution in [0.1, 0.15) is 15.9 Å². The summed E-state index contributed by atoms with van der Waals surface area (Å²) in [6.07, 6.45) is 0. The highest BCUT2D eigenvalue weighted by Gasteiger charge is 2.25. The van der Waals surface area contributed by atoms with Crippen LogP contribution in [0.2, 0.25) is 5.02 Å². The van der Waals surface area contributed by atoms with Gasteiger partial charge in [-0.1, -0.05) is 23.7 Å². The average molecular weight is 398 g/mol. The van der Waals surface area contributed by atoms with E-state index in [4.69, 9.17) is 16.3 Å². The number of benzene rings is 2. The summed E-state index contributed by atoms with van der Waals surface area (Å²) in [5.74, 6) is 0.0325. The lowest BCUT2D eigenvalue weighted by Gasteiger charge is -2.18. The zero-order valence-corrected chi connectivity index (χ0v) is 16.3. The predicted molar refractivity (Wildman–Crippen MR) is 99.3 cm³/mol. The molecule has 0 aliphatic carbocycles. The van der Waals surface area contributed by atoms with Crippen molar-refractivity contribution in [3.05, 3.63) is 58.6 Å². The number of halogens is 1. The van der Waals surface area contributed by atoms with Gasteiger partial charge in [-0.05, 0) is 42.8 Å². The summed E-state index contributed by atoms with van der Waals surface area (Å²) in [5, 5.41) is 0.0316. The van der Waals surface area contributed by atoms with Crippen LogP contribution in [0, 0.1) is 6.92 Å². The third-order valence-corrected chi connectivity index (χ3v) is 6.04. The van der Waals surface area contributed by atoms with Crippen LogP contribution in [0.15, 0.2) is 47.4 Å². The van der Waals surface area contributed by atoms with Gasteiger partial charge in [-0.3, -0.25) is 0 Å². The quantitative estimate of drug-likeness (QED) is 0.671. The smallest absolute Gasteiger partial charge is 0.337 e.